The molecule has 0 bridgehead atoms. The highest BCUT2D eigenvalue weighted by Crippen LogP contribution is 2.18. The third kappa shape index (κ3) is 1.63. The van der Waals surface area contributed by atoms with E-state index in [1.54, 1.807) is 6.92 Å². The summed E-state index contributed by atoms with van der Waals surface area (Å²) < 4.78 is 0. The molecule has 0 aromatic carbocycles. The molecule has 0 amide bonds. The van der Waals surface area contributed by atoms with E-state index in [4.69, 9.17) is 5.41 Å². The lowest BCUT2D eigenvalue weighted by Crippen LogP contribution is -2.25. The summed E-state index contributed by atoms with van der Waals surface area (Å²) in [5, 5.41) is 6.94. The highest BCUT2D eigenvalue weighted by atomic mass is 16.1. The van der Waals surface area contributed by atoms with Crippen LogP contribution in [0.3, 0.4) is 0 Å². The fourth-order valence-corrected chi connectivity index (χ4v) is 0.453. The highest BCUT2D eigenvalue weighted by molar-refractivity contribution is 5.96. The van der Waals surface area contributed by atoms with Crippen LogP contribution in [0.1, 0.15) is 27.2 Å². The minimum atomic E-state index is -0.514. The van der Waals surface area contributed by atoms with Gasteiger partial charge in [0.2, 0.25) is 0 Å². The van der Waals surface area contributed by atoms with E-state index in [1.165, 1.54) is 13.1 Å². The number of ketones is 1. The third-order valence-electron chi connectivity index (χ3n) is 1.86. The van der Waals surface area contributed by atoms with Crippen molar-refractivity contribution in [2.24, 2.45) is 5.41 Å². The standard InChI is InChI=1S/C7H13NO/c1-4-7(3,5-8)6(2)9/h5,8H,4H2,1-3H3. The Balaban J connectivity index is 4.27. The van der Waals surface area contributed by atoms with Crippen LogP contribution in [0.4, 0.5) is 0 Å². The first kappa shape index (κ1) is 8.34. The van der Waals surface area contributed by atoms with Crippen molar-refractivity contribution in [2.45, 2.75) is 27.2 Å². The van der Waals surface area contributed by atoms with Gasteiger partial charge in [0.1, 0.15) is 5.78 Å². The molecular weight excluding hydrogens is 114 g/mol. The molecule has 0 aliphatic heterocycles. The molecular formula is C7H13NO. The van der Waals surface area contributed by atoms with Crippen molar-refractivity contribution in [3.8, 4) is 0 Å². The average Bonchev–Trinajstić information content (AvgIpc) is 1.86. The molecule has 1 N–H and O–H groups in total. The quantitative estimate of drug-likeness (QED) is 0.575. The van der Waals surface area contributed by atoms with Gasteiger partial charge >= 0.3 is 0 Å². The van der Waals surface area contributed by atoms with Crippen molar-refractivity contribution < 1.29 is 4.79 Å². The van der Waals surface area contributed by atoms with Gasteiger partial charge in [-0.1, -0.05) is 6.92 Å². The molecule has 0 fully saturated rings. The number of rotatable bonds is 3. The molecule has 2 nitrogen and oxygen atoms in total. The summed E-state index contributed by atoms with van der Waals surface area (Å²) in [5.74, 6) is 0.0694. The van der Waals surface area contributed by atoms with Gasteiger partial charge in [0.05, 0.1) is 5.41 Å². The van der Waals surface area contributed by atoms with Crippen molar-refractivity contribution >= 4 is 12.0 Å². The molecule has 2 heteroatoms. The van der Waals surface area contributed by atoms with Crippen molar-refractivity contribution in [3.63, 3.8) is 0 Å². The minimum Gasteiger partial charge on any atom is -0.312 e. The first-order chi connectivity index (χ1) is 4.06. The SMILES string of the molecule is CCC(C)(C=N)C(C)=O. The maximum absolute atomic E-state index is 10.8. The van der Waals surface area contributed by atoms with E-state index >= 15 is 0 Å². The number of hydrogen-bond donors (Lipinski definition) is 1. The molecule has 0 aliphatic rings. The molecule has 9 heavy (non-hydrogen) atoms. The predicted octanol–water partition coefficient (Wildman–Crippen LogP) is 1.64. The second-order valence-corrected chi connectivity index (χ2v) is 2.47. The Hall–Kier alpha value is -0.660. The Morgan fingerprint density at radius 2 is 2.22 bits per heavy atom. The zero-order valence-electron chi connectivity index (χ0n) is 6.19. The highest BCUT2D eigenvalue weighted by Gasteiger charge is 2.23. The van der Waals surface area contributed by atoms with Crippen molar-refractivity contribution in [1.29, 1.82) is 5.41 Å². The van der Waals surface area contributed by atoms with Gasteiger partial charge in [0, 0.05) is 6.21 Å². The van der Waals surface area contributed by atoms with Crippen LogP contribution in [-0.2, 0) is 4.79 Å². The van der Waals surface area contributed by atoms with Crippen LogP contribution in [0.25, 0.3) is 0 Å². The molecule has 1 atom stereocenters. The van der Waals surface area contributed by atoms with Crippen LogP contribution < -0.4 is 0 Å². The van der Waals surface area contributed by atoms with Crippen LogP contribution in [0.2, 0.25) is 0 Å². The summed E-state index contributed by atoms with van der Waals surface area (Å²) in [6.45, 7) is 5.21. The van der Waals surface area contributed by atoms with E-state index < -0.39 is 5.41 Å². The summed E-state index contributed by atoms with van der Waals surface area (Å²) >= 11 is 0. The fraction of sp³-hybridized carbons (Fsp3) is 0.714. The number of carbonyl (C=O) groups is 1. The monoisotopic (exact) mass is 127 g/mol. The minimum absolute atomic E-state index is 0.0694. The molecule has 1 unspecified atom stereocenters. The number of hydrogen-bond acceptors (Lipinski definition) is 2. The maximum atomic E-state index is 10.8. The van der Waals surface area contributed by atoms with Crippen molar-refractivity contribution in [3.05, 3.63) is 0 Å². The first-order valence-corrected chi connectivity index (χ1v) is 3.09. The van der Waals surface area contributed by atoms with Crippen molar-refractivity contribution in [1.82, 2.24) is 0 Å². The molecule has 0 saturated carbocycles. The zero-order valence-corrected chi connectivity index (χ0v) is 6.19. The van der Waals surface area contributed by atoms with Crippen LogP contribution in [0.5, 0.6) is 0 Å². The largest absolute Gasteiger partial charge is 0.312 e. The molecule has 0 heterocycles. The summed E-state index contributed by atoms with van der Waals surface area (Å²) in [4.78, 5) is 10.8. The Morgan fingerprint density at radius 1 is 1.78 bits per heavy atom. The second-order valence-electron chi connectivity index (χ2n) is 2.47. The lowest BCUT2D eigenvalue weighted by Gasteiger charge is -2.17. The van der Waals surface area contributed by atoms with E-state index in [0.717, 1.165) is 0 Å². The number of carbonyl (C=O) groups excluding carboxylic acids is 1. The van der Waals surface area contributed by atoms with Crippen molar-refractivity contribution in [2.75, 3.05) is 0 Å². The van der Waals surface area contributed by atoms with E-state index in [2.05, 4.69) is 0 Å². The summed E-state index contributed by atoms with van der Waals surface area (Å²) in [6.07, 6.45) is 1.93. The molecule has 0 rings (SSSR count). The Labute approximate surface area is 55.8 Å². The molecule has 0 aromatic heterocycles. The predicted molar refractivity (Wildman–Crippen MR) is 37.9 cm³/mol. The van der Waals surface area contributed by atoms with Crippen LogP contribution in [0.15, 0.2) is 0 Å². The van der Waals surface area contributed by atoms with Gasteiger partial charge in [-0.15, -0.1) is 0 Å². The van der Waals surface area contributed by atoms with Gasteiger partial charge in [-0.05, 0) is 20.3 Å². The molecule has 0 aliphatic carbocycles. The molecule has 0 spiro atoms. The van der Waals surface area contributed by atoms with Gasteiger partial charge in [-0.3, -0.25) is 4.79 Å². The lowest BCUT2D eigenvalue weighted by molar-refractivity contribution is -0.122. The Bertz CT molecular complexity index is 131. The van der Waals surface area contributed by atoms with E-state index in [-0.39, 0.29) is 5.78 Å². The maximum Gasteiger partial charge on any atom is 0.140 e. The van der Waals surface area contributed by atoms with E-state index in [1.807, 2.05) is 6.92 Å². The topological polar surface area (TPSA) is 40.9 Å². The van der Waals surface area contributed by atoms with Crippen LogP contribution in [-0.4, -0.2) is 12.0 Å². The molecule has 52 valence electrons. The van der Waals surface area contributed by atoms with E-state index in [9.17, 15) is 4.79 Å². The normalized spacial score (nSPS) is 16.3. The molecule has 0 saturated heterocycles. The number of Topliss-reactive ketones (excluding diaryl/α,β-unsaturated/α-hetero) is 1. The fourth-order valence-electron chi connectivity index (χ4n) is 0.453. The Morgan fingerprint density at radius 3 is 2.22 bits per heavy atom. The molecule has 0 aromatic rings. The number of nitrogens with one attached hydrogen (secondary N) is 1. The van der Waals surface area contributed by atoms with Crippen LogP contribution in [0, 0.1) is 10.8 Å². The second kappa shape index (κ2) is 2.76. The zero-order chi connectivity index (χ0) is 7.49. The average molecular weight is 127 g/mol. The van der Waals surface area contributed by atoms with Gasteiger partial charge in [0.25, 0.3) is 0 Å². The van der Waals surface area contributed by atoms with Gasteiger partial charge in [0.15, 0.2) is 0 Å². The first-order valence-electron chi connectivity index (χ1n) is 3.09. The summed E-state index contributed by atoms with van der Waals surface area (Å²) in [5.41, 5.74) is -0.514. The van der Waals surface area contributed by atoms with Gasteiger partial charge in [-0.2, -0.15) is 0 Å². The third-order valence-corrected chi connectivity index (χ3v) is 1.86. The van der Waals surface area contributed by atoms with Gasteiger partial charge < -0.3 is 5.41 Å². The lowest BCUT2D eigenvalue weighted by atomic mass is 9.85. The van der Waals surface area contributed by atoms with E-state index in [0.29, 0.717) is 6.42 Å². The Kier molecular flexibility index (Phi) is 2.56. The van der Waals surface area contributed by atoms with Gasteiger partial charge in [-0.25, -0.2) is 0 Å². The summed E-state index contributed by atoms with van der Waals surface area (Å²) in [6, 6.07) is 0. The molecule has 0 radical (unpaired) electrons. The van der Waals surface area contributed by atoms with Crippen LogP contribution >= 0.6 is 0 Å². The smallest absolute Gasteiger partial charge is 0.140 e. The summed E-state index contributed by atoms with van der Waals surface area (Å²) in [7, 11) is 0.